The molecule has 3 N–H and O–H groups in total. The van der Waals surface area contributed by atoms with E-state index < -0.39 is 0 Å². The molecule has 96 valence electrons. The molecular formula is C15H15N3S. The SMILES string of the molecule is NC(Cc1ncc(-c2ccsc2)[nH]1)c1ccccc1. The van der Waals surface area contributed by atoms with Crippen molar-refractivity contribution in [1.82, 2.24) is 9.97 Å². The summed E-state index contributed by atoms with van der Waals surface area (Å²) in [6.07, 6.45) is 2.59. The first-order valence-electron chi connectivity index (χ1n) is 6.20. The van der Waals surface area contributed by atoms with Crippen molar-refractivity contribution in [2.45, 2.75) is 12.5 Å². The fourth-order valence-corrected chi connectivity index (χ4v) is 2.71. The summed E-state index contributed by atoms with van der Waals surface area (Å²) >= 11 is 1.68. The van der Waals surface area contributed by atoms with E-state index in [9.17, 15) is 0 Å². The Morgan fingerprint density at radius 1 is 1.21 bits per heavy atom. The predicted octanol–water partition coefficient (Wildman–Crippen LogP) is 3.38. The van der Waals surface area contributed by atoms with Crippen LogP contribution in [0, 0.1) is 0 Å². The largest absolute Gasteiger partial charge is 0.342 e. The van der Waals surface area contributed by atoms with Gasteiger partial charge in [0.05, 0.1) is 11.9 Å². The number of nitrogens with two attached hydrogens (primary N) is 1. The lowest BCUT2D eigenvalue weighted by molar-refractivity contribution is 0.695. The van der Waals surface area contributed by atoms with Crippen molar-refractivity contribution >= 4 is 11.3 Å². The second-order valence-electron chi connectivity index (χ2n) is 4.48. The summed E-state index contributed by atoms with van der Waals surface area (Å²) in [5.74, 6) is 0.928. The molecule has 0 saturated carbocycles. The topological polar surface area (TPSA) is 54.7 Å². The molecule has 0 fully saturated rings. The molecule has 1 atom stereocenters. The molecule has 3 rings (SSSR count). The number of rotatable bonds is 4. The van der Waals surface area contributed by atoms with E-state index in [1.165, 1.54) is 5.56 Å². The maximum atomic E-state index is 6.20. The van der Waals surface area contributed by atoms with E-state index >= 15 is 0 Å². The van der Waals surface area contributed by atoms with Crippen LogP contribution in [0.1, 0.15) is 17.4 Å². The van der Waals surface area contributed by atoms with Crippen LogP contribution in [0.4, 0.5) is 0 Å². The molecule has 1 aromatic carbocycles. The zero-order valence-electron chi connectivity index (χ0n) is 10.4. The van der Waals surface area contributed by atoms with Gasteiger partial charge in [-0.2, -0.15) is 11.3 Å². The van der Waals surface area contributed by atoms with Crippen molar-refractivity contribution in [1.29, 1.82) is 0 Å². The van der Waals surface area contributed by atoms with Crippen LogP contribution >= 0.6 is 11.3 Å². The van der Waals surface area contributed by atoms with Crippen molar-refractivity contribution in [3.63, 3.8) is 0 Å². The Balaban J connectivity index is 1.74. The highest BCUT2D eigenvalue weighted by Crippen LogP contribution is 2.21. The van der Waals surface area contributed by atoms with Gasteiger partial charge in [0.2, 0.25) is 0 Å². The molecule has 3 aromatic rings. The van der Waals surface area contributed by atoms with E-state index in [1.807, 2.05) is 36.5 Å². The molecule has 0 amide bonds. The molecule has 3 nitrogen and oxygen atoms in total. The van der Waals surface area contributed by atoms with E-state index in [4.69, 9.17) is 5.73 Å². The van der Waals surface area contributed by atoms with Crippen LogP contribution in [0.25, 0.3) is 11.3 Å². The molecule has 2 aromatic heterocycles. The number of aromatic nitrogens is 2. The summed E-state index contributed by atoms with van der Waals surface area (Å²) in [5, 5.41) is 4.17. The van der Waals surface area contributed by atoms with Crippen LogP contribution < -0.4 is 5.73 Å². The second kappa shape index (κ2) is 5.38. The summed E-state index contributed by atoms with van der Waals surface area (Å²) < 4.78 is 0. The van der Waals surface area contributed by atoms with Crippen LogP contribution in [0.15, 0.2) is 53.4 Å². The third-order valence-corrected chi connectivity index (χ3v) is 3.78. The van der Waals surface area contributed by atoms with E-state index in [0.29, 0.717) is 6.42 Å². The maximum Gasteiger partial charge on any atom is 0.108 e. The average Bonchev–Trinajstić information content (AvgIpc) is 3.10. The van der Waals surface area contributed by atoms with Gasteiger partial charge in [-0.05, 0) is 17.0 Å². The fraction of sp³-hybridized carbons (Fsp3) is 0.133. The van der Waals surface area contributed by atoms with Crippen molar-refractivity contribution in [2.24, 2.45) is 5.73 Å². The molecule has 0 radical (unpaired) electrons. The lowest BCUT2D eigenvalue weighted by Crippen LogP contribution is -2.13. The molecule has 0 aliphatic heterocycles. The Hall–Kier alpha value is -1.91. The van der Waals surface area contributed by atoms with E-state index in [2.05, 4.69) is 26.8 Å². The van der Waals surface area contributed by atoms with Crippen molar-refractivity contribution in [3.8, 4) is 11.3 Å². The number of thiophene rings is 1. The summed E-state index contributed by atoms with van der Waals surface area (Å²) in [4.78, 5) is 7.74. The first-order chi connectivity index (χ1) is 9.33. The lowest BCUT2D eigenvalue weighted by atomic mass is 10.0. The smallest absolute Gasteiger partial charge is 0.108 e. The zero-order valence-corrected chi connectivity index (χ0v) is 11.2. The van der Waals surface area contributed by atoms with Gasteiger partial charge < -0.3 is 10.7 Å². The number of H-pyrrole nitrogens is 1. The molecule has 0 spiro atoms. The maximum absolute atomic E-state index is 6.20. The Labute approximate surface area is 116 Å². The van der Waals surface area contributed by atoms with Crippen LogP contribution in [0.5, 0.6) is 0 Å². The fourth-order valence-electron chi connectivity index (χ4n) is 2.06. The average molecular weight is 269 g/mol. The zero-order chi connectivity index (χ0) is 13.1. The van der Waals surface area contributed by atoms with Gasteiger partial charge in [-0.25, -0.2) is 4.98 Å². The standard InChI is InChI=1S/C15H15N3S/c16-13(11-4-2-1-3-5-11)8-15-17-9-14(18-15)12-6-7-19-10-12/h1-7,9-10,13H,8,16H2,(H,17,18). The number of nitrogens with zero attached hydrogens (tertiary/aromatic N) is 1. The van der Waals surface area contributed by atoms with Crippen LogP contribution in [0.2, 0.25) is 0 Å². The Kier molecular flexibility index (Phi) is 3.44. The minimum atomic E-state index is -0.0253. The molecule has 0 aliphatic rings. The number of nitrogens with one attached hydrogen (secondary N) is 1. The second-order valence-corrected chi connectivity index (χ2v) is 5.26. The molecule has 19 heavy (non-hydrogen) atoms. The highest BCUT2D eigenvalue weighted by molar-refractivity contribution is 7.08. The first-order valence-corrected chi connectivity index (χ1v) is 7.14. The Bertz CT molecular complexity index is 628. The Morgan fingerprint density at radius 2 is 2.05 bits per heavy atom. The monoisotopic (exact) mass is 269 g/mol. The van der Waals surface area contributed by atoms with Gasteiger partial charge in [0.1, 0.15) is 5.82 Å². The van der Waals surface area contributed by atoms with E-state index in [1.54, 1.807) is 11.3 Å². The summed E-state index contributed by atoms with van der Waals surface area (Å²) in [6.45, 7) is 0. The van der Waals surface area contributed by atoms with Crippen LogP contribution in [-0.4, -0.2) is 9.97 Å². The quantitative estimate of drug-likeness (QED) is 0.763. The van der Waals surface area contributed by atoms with Gasteiger partial charge in [-0.15, -0.1) is 0 Å². The van der Waals surface area contributed by atoms with Crippen molar-refractivity contribution in [3.05, 3.63) is 64.7 Å². The molecule has 4 heteroatoms. The molecular weight excluding hydrogens is 254 g/mol. The summed E-state index contributed by atoms with van der Waals surface area (Å²) in [5.41, 5.74) is 9.56. The van der Waals surface area contributed by atoms with Gasteiger partial charge >= 0.3 is 0 Å². The molecule has 1 unspecified atom stereocenters. The van der Waals surface area contributed by atoms with E-state index in [0.717, 1.165) is 17.1 Å². The van der Waals surface area contributed by atoms with Gasteiger partial charge in [-0.3, -0.25) is 0 Å². The normalized spacial score (nSPS) is 12.5. The number of aromatic amines is 1. The lowest BCUT2D eigenvalue weighted by Gasteiger charge is -2.09. The van der Waals surface area contributed by atoms with E-state index in [-0.39, 0.29) is 6.04 Å². The number of hydrogen-bond donors (Lipinski definition) is 2. The third-order valence-electron chi connectivity index (χ3n) is 3.10. The van der Waals surface area contributed by atoms with Gasteiger partial charge in [0.25, 0.3) is 0 Å². The van der Waals surface area contributed by atoms with Crippen LogP contribution in [0.3, 0.4) is 0 Å². The minimum Gasteiger partial charge on any atom is -0.342 e. The van der Waals surface area contributed by atoms with Crippen molar-refractivity contribution in [2.75, 3.05) is 0 Å². The highest BCUT2D eigenvalue weighted by atomic mass is 32.1. The van der Waals surface area contributed by atoms with Gasteiger partial charge in [0.15, 0.2) is 0 Å². The number of benzene rings is 1. The Morgan fingerprint density at radius 3 is 2.79 bits per heavy atom. The van der Waals surface area contributed by atoms with Crippen LogP contribution in [-0.2, 0) is 6.42 Å². The highest BCUT2D eigenvalue weighted by Gasteiger charge is 2.10. The minimum absolute atomic E-state index is 0.0253. The summed E-state index contributed by atoms with van der Waals surface area (Å²) in [7, 11) is 0. The first kappa shape index (κ1) is 12.1. The number of imidazole rings is 1. The van der Waals surface area contributed by atoms with Gasteiger partial charge in [0, 0.05) is 23.4 Å². The molecule has 0 saturated heterocycles. The predicted molar refractivity (Wildman–Crippen MR) is 79.0 cm³/mol. The molecule has 0 bridgehead atoms. The summed E-state index contributed by atoms with van der Waals surface area (Å²) in [6, 6.07) is 12.2. The molecule has 2 heterocycles. The van der Waals surface area contributed by atoms with Gasteiger partial charge in [-0.1, -0.05) is 30.3 Å². The third kappa shape index (κ3) is 2.75. The molecule has 0 aliphatic carbocycles. The van der Waals surface area contributed by atoms with Crippen molar-refractivity contribution < 1.29 is 0 Å². The number of hydrogen-bond acceptors (Lipinski definition) is 3.